The standard InChI is InChI=1S/C10H5Br4FO2/c1-4(15)10(16)17-8-6(11)2-5(9(13)14)3-7(8)12/h2-3,9H,1H2. The van der Waals surface area contributed by atoms with Crippen LogP contribution in [0.15, 0.2) is 33.5 Å². The van der Waals surface area contributed by atoms with E-state index in [1.807, 2.05) is 0 Å². The Morgan fingerprint density at radius 1 is 1.29 bits per heavy atom. The molecule has 0 N–H and O–H groups in total. The molecule has 0 saturated carbocycles. The summed E-state index contributed by atoms with van der Waals surface area (Å²) in [5.41, 5.74) is 0.905. The van der Waals surface area contributed by atoms with Crippen LogP contribution in [0.5, 0.6) is 5.75 Å². The first-order valence-corrected chi connectivity index (χ1v) is 7.58. The van der Waals surface area contributed by atoms with E-state index in [4.69, 9.17) is 4.74 Å². The van der Waals surface area contributed by atoms with Crippen molar-refractivity contribution in [3.63, 3.8) is 0 Å². The van der Waals surface area contributed by atoms with Crippen LogP contribution in [-0.4, -0.2) is 5.97 Å². The Kier molecular flexibility index (Phi) is 5.82. The molecule has 0 saturated heterocycles. The molecule has 92 valence electrons. The van der Waals surface area contributed by atoms with Crippen molar-refractivity contribution in [3.8, 4) is 5.75 Å². The van der Waals surface area contributed by atoms with Crippen LogP contribution in [0.3, 0.4) is 0 Å². The van der Waals surface area contributed by atoms with E-state index in [1.165, 1.54) is 0 Å². The monoisotopic (exact) mass is 492 g/mol. The van der Waals surface area contributed by atoms with E-state index in [-0.39, 0.29) is 9.49 Å². The second-order valence-corrected chi connectivity index (χ2v) is 7.68. The molecular weight excluding hydrogens is 491 g/mol. The number of hydrogen-bond donors (Lipinski definition) is 0. The van der Waals surface area contributed by atoms with E-state index in [0.29, 0.717) is 8.95 Å². The second kappa shape index (κ2) is 6.45. The summed E-state index contributed by atoms with van der Waals surface area (Å²) in [6.07, 6.45) is 0. The Morgan fingerprint density at radius 3 is 2.12 bits per heavy atom. The van der Waals surface area contributed by atoms with Crippen molar-refractivity contribution in [1.29, 1.82) is 0 Å². The molecule has 1 aromatic carbocycles. The number of esters is 1. The third kappa shape index (κ3) is 4.15. The highest BCUT2D eigenvalue weighted by molar-refractivity contribution is 9.24. The number of carbonyl (C=O) groups excluding carboxylic acids is 1. The molecule has 0 aliphatic carbocycles. The van der Waals surface area contributed by atoms with Crippen LogP contribution < -0.4 is 4.74 Å². The van der Waals surface area contributed by atoms with Crippen LogP contribution >= 0.6 is 63.7 Å². The summed E-state index contributed by atoms with van der Waals surface area (Å²) < 4.78 is 18.4. The summed E-state index contributed by atoms with van der Waals surface area (Å²) in [6, 6.07) is 3.48. The predicted octanol–water partition coefficient (Wildman–Crippen LogP) is 5.39. The minimum absolute atomic E-state index is 0.0384. The molecule has 2 nitrogen and oxygen atoms in total. The SMILES string of the molecule is C=C(F)C(=O)Oc1c(Br)cc(C(Br)Br)cc1Br. The van der Waals surface area contributed by atoms with Gasteiger partial charge in [-0.3, -0.25) is 0 Å². The van der Waals surface area contributed by atoms with Crippen molar-refractivity contribution in [2.75, 3.05) is 0 Å². The number of benzene rings is 1. The molecule has 0 aromatic heterocycles. The largest absolute Gasteiger partial charge is 0.419 e. The average molecular weight is 496 g/mol. The summed E-state index contributed by atoms with van der Waals surface area (Å²) in [4.78, 5) is 11.1. The fourth-order valence-electron chi connectivity index (χ4n) is 0.951. The summed E-state index contributed by atoms with van der Waals surface area (Å²) in [7, 11) is 0. The second-order valence-electron chi connectivity index (χ2n) is 2.91. The first kappa shape index (κ1) is 15.3. The van der Waals surface area contributed by atoms with E-state index < -0.39 is 11.8 Å². The molecule has 0 radical (unpaired) electrons. The van der Waals surface area contributed by atoms with E-state index in [2.05, 4.69) is 70.3 Å². The highest BCUT2D eigenvalue weighted by atomic mass is 79.9. The van der Waals surface area contributed by atoms with Crippen LogP contribution in [0.1, 0.15) is 9.30 Å². The van der Waals surface area contributed by atoms with Gasteiger partial charge in [-0.2, -0.15) is 4.39 Å². The molecule has 0 unspecified atom stereocenters. The Bertz CT molecular complexity index is 450. The van der Waals surface area contributed by atoms with Gasteiger partial charge in [-0.05, 0) is 49.6 Å². The highest BCUT2D eigenvalue weighted by Gasteiger charge is 2.16. The zero-order valence-corrected chi connectivity index (χ0v) is 14.5. The highest BCUT2D eigenvalue weighted by Crippen LogP contribution is 2.40. The topological polar surface area (TPSA) is 26.3 Å². The van der Waals surface area contributed by atoms with E-state index in [1.54, 1.807) is 12.1 Å². The van der Waals surface area contributed by atoms with Crippen molar-refractivity contribution in [2.45, 2.75) is 3.74 Å². The van der Waals surface area contributed by atoms with E-state index in [9.17, 15) is 9.18 Å². The van der Waals surface area contributed by atoms with Crippen LogP contribution in [0.25, 0.3) is 0 Å². The van der Waals surface area contributed by atoms with Gasteiger partial charge in [-0.25, -0.2) is 4.79 Å². The van der Waals surface area contributed by atoms with Gasteiger partial charge in [0.05, 0.1) is 12.7 Å². The maximum atomic E-state index is 12.5. The van der Waals surface area contributed by atoms with Crippen LogP contribution in [-0.2, 0) is 4.79 Å². The lowest BCUT2D eigenvalue weighted by Gasteiger charge is -2.10. The summed E-state index contributed by atoms with van der Waals surface area (Å²) in [6.45, 7) is 2.87. The summed E-state index contributed by atoms with van der Waals surface area (Å²) >= 11 is 13.2. The molecule has 0 fully saturated rings. The lowest BCUT2D eigenvalue weighted by molar-refractivity contribution is -0.131. The molecule has 0 aliphatic rings. The minimum Gasteiger partial charge on any atom is -0.419 e. The van der Waals surface area contributed by atoms with Gasteiger partial charge in [0.15, 0.2) is 5.75 Å². The minimum atomic E-state index is -1.15. The first-order valence-electron chi connectivity index (χ1n) is 4.16. The quantitative estimate of drug-likeness (QED) is 0.243. The predicted molar refractivity (Wildman–Crippen MR) is 78.3 cm³/mol. The Labute approximate surface area is 131 Å². The third-order valence-electron chi connectivity index (χ3n) is 1.69. The lowest BCUT2D eigenvalue weighted by atomic mass is 10.2. The summed E-state index contributed by atoms with van der Waals surface area (Å²) in [5, 5.41) is 0. The molecular formula is C10H5Br4FO2. The van der Waals surface area contributed by atoms with Crippen molar-refractivity contribution in [1.82, 2.24) is 0 Å². The number of carbonyl (C=O) groups is 1. The molecule has 17 heavy (non-hydrogen) atoms. The Hall–Kier alpha value is 0.280. The molecule has 1 aromatic rings. The number of ether oxygens (including phenoxy) is 1. The lowest BCUT2D eigenvalue weighted by Crippen LogP contribution is -2.08. The molecule has 0 heterocycles. The smallest absolute Gasteiger partial charge is 0.372 e. The van der Waals surface area contributed by atoms with Gasteiger partial charge in [-0.15, -0.1) is 0 Å². The van der Waals surface area contributed by atoms with Gasteiger partial charge in [-0.1, -0.05) is 38.4 Å². The zero-order chi connectivity index (χ0) is 13.2. The Balaban J connectivity index is 3.10. The van der Waals surface area contributed by atoms with Crippen molar-refractivity contribution >= 4 is 69.7 Å². The van der Waals surface area contributed by atoms with Gasteiger partial charge < -0.3 is 4.74 Å². The fourth-order valence-corrected chi connectivity index (χ4v) is 2.86. The van der Waals surface area contributed by atoms with E-state index >= 15 is 0 Å². The zero-order valence-electron chi connectivity index (χ0n) is 8.15. The average Bonchev–Trinajstić information content (AvgIpc) is 2.22. The molecule has 0 spiro atoms. The molecule has 1 rings (SSSR count). The van der Waals surface area contributed by atoms with Crippen LogP contribution in [0, 0.1) is 0 Å². The first-order chi connectivity index (χ1) is 7.82. The van der Waals surface area contributed by atoms with Crippen LogP contribution in [0.2, 0.25) is 0 Å². The van der Waals surface area contributed by atoms with Crippen molar-refractivity contribution in [2.24, 2.45) is 0 Å². The Morgan fingerprint density at radius 2 is 1.76 bits per heavy atom. The molecule has 7 heteroatoms. The summed E-state index contributed by atoms with van der Waals surface area (Å²) in [5.74, 6) is -2.06. The number of rotatable bonds is 3. The maximum absolute atomic E-state index is 12.5. The van der Waals surface area contributed by atoms with Gasteiger partial charge in [0, 0.05) is 0 Å². The van der Waals surface area contributed by atoms with Gasteiger partial charge >= 0.3 is 5.97 Å². The number of halogens is 5. The third-order valence-corrected chi connectivity index (χ3v) is 3.92. The van der Waals surface area contributed by atoms with Gasteiger partial charge in [0.25, 0.3) is 0 Å². The molecule has 0 amide bonds. The van der Waals surface area contributed by atoms with Crippen molar-refractivity contribution < 1.29 is 13.9 Å². The molecule has 0 bridgehead atoms. The van der Waals surface area contributed by atoms with Crippen molar-refractivity contribution in [3.05, 3.63) is 39.0 Å². The maximum Gasteiger partial charge on any atom is 0.372 e. The number of alkyl halides is 2. The molecule has 0 atom stereocenters. The molecule has 0 aliphatic heterocycles. The van der Waals surface area contributed by atoms with Crippen LogP contribution in [0.4, 0.5) is 4.39 Å². The van der Waals surface area contributed by atoms with Gasteiger partial charge in [0.2, 0.25) is 5.83 Å². The fraction of sp³-hybridized carbons (Fsp3) is 0.100. The normalized spacial score (nSPS) is 10.5. The van der Waals surface area contributed by atoms with Gasteiger partial charge in [0.1, 0.15) is 0 Å². The number of hydrogen-bond acceptors (Lipinski definition) is 2. The van der Waals surface area contributed by atoms with E-state index in [0.717, 1.165) is 5.56 Å².